The van der Waals surface area contributed by atoms with Gasteiger partial charge in [0.2, 0.25) is 5.11 Å². The number of likely N-dealkylation sites (tertiary alicyclic amines) is 1. The fourth-order valence-electron chi connectivity index (χ4n) is 2.61. The Balaban J connectivity index is 1.92. The number of ketones is 1. The lowest BCUT2D eigenvalue weighted by Crippen LogP contribution is -2.46. The molecule has 2 amide bonds. The van der Waals surface area contributed by atoms with Crippen molar-refractivity contribution < 1.29 is 14.0 Å². The minimum Gasteiger partial charge on any atom is -0.387 e. The highest BCUT2D eigenvalue weighted by molar-refractivity contribution is 9.10. The molecule has 1 aliphatic rings. The molecule has 9 heteroatoms. The normalized spacial score (nSPS) is 15.8. The molecule has 1 aliphatic heterocycles. The third-order valence-corrected chi connectivity index (χ3v) is 4.53. The zero-order valence-corrected chi connectivity index (χ0v) is 16.0. The summed E-state index contributed by atoms with van der Waals surface area (Å²) in [4.78, 5) is 29.9. The molecule has 0 unspecified atom stereocenters. The van der Waals surface area contributed by atoms with Crippen molar-refractivity contribution in [2.24, 2.45) is 16.6 Å². The molecule has 0 bridgehead atoms. The van der Waals surface area contributed by atoms with Crippen LogP contribution in [0.2, 0.25) is 0 Å². The molecule has 0 atom stereocenters. The number of halogens is 2. The summed E-state index contributed by atoms with van der Waals surface area (Å²) < 4.78 is 14.5. The molecule has 0 radical (unpaired) electrons. The Bertz CT molecular complexity index is 729. The zero-order valence-electron chi connectivity index (χ0n) is 13.6. The van der Waals surface area contributed by atoms with E-state index in [0.29, 0.717) is 30.4 Å². The maximum atomic E-state index is 13.9. The summed E-state index contributed by atoms with van der Waals surface area (Å²) in [6, 6.07) is 4.01. The van der Waals surface area contributed by atoms with Gasteiger partial charge >= 0.3 is 6.03 Å². The molecular formula is C16H18BrFN4O2S. The van der Waals surface area contributed by atoms with Crippen molar-refractivity contribution in [1.29, 1.82) is 0 Å². The van der Waals surface area contributed by atoms with E-state index in [0.717, 1.165) is 0 Å². The molecule has 0 spiro atoms. The number of carbonyl (C=O) groups excluding carboxylic acids is 2. The third kappa shape index (κ3) is 5.30. The summed E-state index contributed by atoms with van der Waals surface area (Å²) in [5.41, 5.74) is 5.49. The lowest BCUT2D eigenvalue weighted by Gasteiger charge is -2.31. The van der Waals surface area contributed by atoms with Crippen LogP contribution in [0, 0.1) is 11.7 Å². The van der Waals surface area contributed by atoms with Gasteiger partial charge < -0.3 is 10.6 Å². The lowest BCUT2D eigenvalue weighted by molar-refractivity contribution is 0.0852. The highest BCUT2D eigenvalue weighted by Gasteiger charge is 2.29. The van der Waals surface area contributed by atoms with Gasteiger partial charge in [-0.25, -0.2) is 14.2 Å². The number of rotatable bonds is 2. The number of urea groups is 1. The van der Waals surface area contributed by atoms with Crippen LogP contribution < -0.4 is 11.1 Å². The van der Waals surface area contributed by atoms with Crippen molar-refractivity contribution in [3.05, 3.63) is 34.1 Å². The van der Waals surface area contributed by atoms with Crippen molar-refractivity contribution in [1.82, 2.24) is 10.2 Å². The molecule has 0 aliphatic carbocycles. The van der Waals surface area contributed by atoms with E-state index in [2.05, 4.69) is 26.2 Å². The first-order valence-corrected chi connectivity index (χ1v) is 8.88. The SMILES string of the molecule is C/C(N)=N/C(=S)NC(=O)N1CCC(C(=O)c2ccc(Br)cc2F)CC1. The number of amidine groups is 1. The first-order chi connectivity index (χ1) is 11.8. The standard InChI is InChI=1S/C16H18BrFN4O2S/c1-9(19)20-15(25)21-16(24)22-6-4-10(5-7-22)14(23)12-3-2-11(17)8-13(12)18/h2-3,8,10H,4-7H2,1H3,(H3,19,20,21,24,25). The molecule has 6 nitrogen and oxygen atoms in total. The van der Waals surface area contributed by atoms with Gasteiger partial charge in [-0.15, -0.1) is 0 Å². The van der Waals surface area contributed by atoms with Gasteiger partial charge in [-0.1, -0.05) is 15.9 Å². The van der Waals surface area contributed by atoms with Crippen molar-refractivity contribution >= 4 is 50.9 Å². The highest BCUT2D eigenvalue weighted by atomic mass is 79.9. The van der Waals surface area contributed by atoms with Gasteiger partial charge in [0.15, 0.2) is 5.78 Å². The van der Waals surface area contributed by atoms with Crippen molar-refractivity contribution in [3.8, 4) is 0 Å². The van der Waals surface area contributed by atoms with E-state index >= 15 is 0 Å². The van der Waals surface area contributed by atoms with E-state index in [9.17, 15) is 14.0 Å². The Kier molecular flexibility index (Phi) is 6.60. The maximum Gasteiger partial charge on any atom is 0.323 e. The number of aliphatic imine (C=N–C) groups is 1. The monoisotopic (exact) mass is 428 g/mol. The van der Waals surface area contributed by atoms with Crippen LogP contribution >= 0.6 is 28.1 Å². The van der Waals surface area contributed by atoms with Crippen molar-refractivity contribution in [3.63, 3.8) is 0 Å². The van der Waals surface area contributed by atoms with E-state index in [1.54, 1.807) is 17.9 Å². The van der Waals surface area contributed by atoms with E-state index in [1.165, 1.54) is 12.1 Å². The number of nitrogens with zero attached hydrogens (tertiary/aromatic N) is 2. The topological polar surface area (TPSA) is 87.8 Å². The van der Waals surface area contributed by atoms with Crippen LogP contribution in [0.5, 0.6) is 0 Å². The highest BCUT2D eigenvalue weighted by Crippen LogP contribution is 2.24. The average Bonchev–Trinajstić information content (AvgIpc) is 2.53. The number of amides is 2. The molecular weight excluding hydrogens is 411 g/mol. The summed E-state index contributed by atoms with van der Waals surface area (Å²) in [5.74, 6) is -0.828. The van der Waals surface area contributed by atoms with E-state index in [-0.39, 0.29) is 34.2 Å². The zero-order chi connectivity index (χ0) is 18.6. The van der Waals surface area contributed by atoms with Crippen LogP contribution in [0.4, 0.5) is 9.18 Å². The van der Waals surface area contributed by atoms with Crippen LogP contribution in [-0.2, 0) is 0 Å². The summed E-state index contributed by atoms with van der Waals surface area (Å²) >= 11 is 8.07. The average molecular weight is 429 g/mol. The fourth-order valence-corrected chi connectivity index (χ4v) is 3.18. The number of benzene rings is 1. The number of hydrogen-bond acceptors (Lipinski definition) is 3. The number of carbonyl (C=O) groups is 2. The minimum absolute atomic E-state index is 0.000124. The first-order valence-electron chi connectivity index (χ1n) is 7.68. The molecule has 134 valence electrons. The number of piperidine rings is 1. The number of nitrogens with two attached hydrogens (primary N) is 1. The van der Waals surface area contributed by atoms with Gasteiger partial charge in [0.25, 0.3) is 0 Å². The smallest absolute Gasteiger partial charge is 0.323 e. The second-order valence-electron chi connectivity index (χ2n) is 5.74. The van der Waals surface area contributed by atoms with Gasteiger partial charge in [0.1, 0.15) is 5.82 Å². The Labute approximate surface area is 158 Å². The molecule has 0 saturated carbocycles. The van der Waals surface area contributed by atoms with Gasteiger partial charge in [-0.2, -0.15) is 0 Å². The molecule has 1 saturated heterocycles. The van der Waals surface area contributed by atoms with Gasteiger partial charge in [0.05, 0.1) is 11.4 Å². The van der Waals surface area contributed by atoms with Crippen LogP contribution in [-0.4, -0.2) is 40.8 Å². The molecule has 25 heavy (non-hydrogen) atoms. The van der Waals surface area contributed by atoms with E-state index < -0.39 is 5.82 Å². The maximum absolute atomic E-state index is 13.9. The number of nitrogens with one attached hydrogen (secondary N) is 1. The molecule has 1 heterocycles. The number of Topliss-reactive ketones (excluding diaryl/α,β-unsaturated/α-hetero) is 1. The summed E-state index contributed by atoms with van der Waals surface area (Å²) in [5, 5.41) is 2.47. The second-order valence-corrected chi connectivity index (χ2v) is 7.04. The van der Waals surface area contributed by atoms with Gasteiger partial charge in [0, 0.05) is 23.5 Å². The van der Waals surface area contributed by atoms with Crippen LogP contribution in [0.15, 0.2) is 27.7 Å². The quantitative estimate of drug-likeness (QED) is 0.328. The van der Waals surface area contributed by atoms with Crippen LogP contribution in [0.3, 0.4) is 0 Å². The predicted octanol–water partition coefficient (Wildman–Crippen LogP) is 2.85. The number of hydrogen-bond donors (Lipinski definition) is 2. The largest absolute Gasteiger partial charge is 0.387 e. The minimum atomic E-state index is -0.542. The summed E-state index contributed by atoms with van der Waals surface area (Å²) in [6.45, 7) is 2.33. The van der Waals surface area contributed by atoms with Crippen LogP contribution in [0.1, 0.15) is 30.1 Å². The fraction of sp³-hybridized carbons (Fsp3) is 0.375. The van der Waals surface area contributed by atoms with Crippen molar-refractivity contribution in [2.45, 2.75) is 19.8 Å². The number of thiocarbonyl (C=S) groups is 1. The molecule has 1 fully saturated rings. The second kappa shape index (κ2) is 8.48. The molecule has 2 rings (SSSR count). The van der Waals surface area contributed by atoms with Crippen LogP contribution in [0.25, 0.3) is 0 Å². The molecule has 1 aromatic rings. The van der Waals surface area contributed by atoms with E-state index in [1.807, 2.05) is 0 Å². The Morgan fingerprint density at radius 1 is 1.40 bits per heavy atom. The predicted molar refractivity (Wildman–Crippen MR) is 101 cm³/mol. The van der Waals surface area contributed by atoms with E-state index in [4.69, 9.17) is 18.0 Å². The van der Waals surface area contributed by atoms with Gasteiger partial charge in [-0.05, 0) is 50.2 Å². The summed E-state index contributed by atoms with van der Waals surface area (Å²) in [6.07, 6.45) is 0.932. The van der Waals surface area contributed by atoms with Gasteiger partial charge in [-0.3, -0.25) is 10.1 Å². The molecule has 0 aromatic heterocycles. The Morgan fingerprint density at radius 3 is 2.60 bits per heavy atom. The molecule has 3 N–H and O–H groups in total. The molecule has 1 aromatic carbocycles. The van der Waals surface area contributed by atoms with Crippen molar-refractivity contribution in [2.75, 3.05) is 13.1 Å². The Morgan fingerprint density at radius 2 is 2.04 bits per heavy atom. The first kappa shape index (κ1) is 19.5. The Hall–Kier alpha value is -1.87. The third-order valence-electron chi connectivity index (χ3n) is 3.84. The lowest BCUT2D eigenvalue weighted by atomic mass is 9.89. The summed E-state index contributed by atoms with van der Waals surface area (Å²) in [7, 11) is 0.